The lowest BCUT2D eigenvalue weighted by molar-refractivity contribution is 0.0184. The monoisotopic (exact) mass is 322 g/mol. The van der Waals surface area contributed by atoms with Crippen molar-refractivity contribution in [2.24, 2.45) is 13.0 Å². The van der Waals surface area contributed by atoms with Crippen molar-refractivity contribution in [2.45, 2.75) is 45.6 Å². The number of ether oxygens (including phenoxy) is 1. The van der Waals surface area contributed by atoms with Crippen molar-refractivity contribution in [2.75, 3.05) is 26.2 Å². The van der Waals surface area contributed by atoms with Gasteiger partial charge in [0.25, 0.3) is 0 Å². The summed E-state index contributed by atoms with van der Waals surface area (Å²) in [6, 6.07) is 0. The Labute approximate surface area is 139 Å². The first kappa shape index (κ1) is 17.8. The first-order valence-corrected chi connectivity index (χ1v) is 8.49. The lowest BCUT2D eigenvalue weighted by Crippen LogP contribution is -2.43. The zero-order chi connectivity index (χ0) is 16.9. The van der Waals surface area contributed by atoms with Gasteiger partial charge in [0, 0.05) is 26.3 Å². The molecule has 0 unspecified atom stereocenters. The topological polar surface area (TPSA) is 59.4 Å². The highest BCUT2D eigenvalue weighted by Gasteiger charge is 2.26. The van der Waals surface area contributed by atoms with Crippen LogP contribution in [0.2, 0.25) is 0 Å². The zero-order valence-corrected chi connectivity index (χ0v) is 14.8. The third-order valence-corrected chi connectivity index (χ3v) is 4.05. The highest BCUT2D eigenvalue weighted by atomic mass is 16.6. The van der Waals surface area contributed by atoms with E-state index in [-0.39, 0.29) is 6.09 Å². The average Bonchev–Trinajstić information content (AvgIpc) is 2.88. The summed E-state index contributed by atoms with van der Waals surface area (Å²) < 4.78 is 7.26. The summed E-state index contributed by atoms with van der Waals surface area (Å²) in [4.78, 5) is 13.9. The van der Waals surface area contributed by atoms with Gasteiger partial charge >= 0.3 is 6.09 Å². The van der Waals surface area contributed by atoms with Crippen molar-refractivity contribution in [1.29, 1.82) is 0 Å². The van der Waals surface area contributed by atoms with Crippen LogP contribution in [0.5, 0.6) is 0 Å². The van der Waals surface area contributed by atoms with E-state index in [1.54, 1.807) is 0 Å². The summed E-state index contributed by atoms with van der Waals surface area (Å²) >= 11 is 0. The fraction of sp³-hybridized carbons (Fsp3) is 0.765. The second kappa shape index (κ2) is 7.81. The van der Waals surface area contributed by atoms with Gasteiger partial charge in [0.1, 0.15) is 5.60 Å². The minimum Gasteiger partial charge on any atom is -0.444 e. The molecular weight excluding hydrogens is 292 g/mol. The average molecular weight is 322 g/mol. The molecule has 0 aliphatic carbocycles. The molecule has 130 valence electrons. The van der Waals surface area contributed by atoms with Gasteiger partial charge in [0.05, 0.1) is 6.20 Å². The summed E-state index contributed by atoms with van der Waals surface area (Å²) in [5.74, 6) is 0.641. The molecule has 0 saturated carbocycles. The van der Waals surface area contributed by atoms with Crippen molar-refractivity contribution in [1.82, 2.24) is 20.0 Å². The molecule has 1 N–H and O–H groups in total. The van der Waals surface area contributed by atoms with Crippen LogP contribution in [-0.2, 0) is 18.2 Å². The van der Waals surface area contributed by atoms with Crippen molar-refractivity contribution in [3.05, 3.63) is 18.0 Å². The van der Waals surface area contributed by atoms with Crippen molar-refractivity contribution >= 4 is 6.09 Å². The van der Waals surface area contributed by atoms with E-state index in [1.807, 2.05) is 43.6 Å². The van der Waals surface area contributed by atoms with Crippen LogP contribution in [0.4, 0.5) is 4.79 Å². The maximum absolute atomic E-state index is 12.0. The van der Waals surface area contributed by atoms with Crippen LogP contribution in [0.1, 0.15) is 39.2 Å². The fourth-order valence-corrected chi connectivity index (χ4v) is 2.79. The maximum Gasteiger partial charge on any atom is 0.410 e. The van der Waals surface area contributed by atoms with E-state index in [2.05, 4.69) is 16.6 Å². The van der Waals surface area contributed by atoms with Crippen molar-refractivity contribution in [3.8, 4) is 0 Å². The number of rotatable bonds is 5. The Morgan fingerprint density at radius 3 is 2.65 bits per heavy atom. The minimum atomic E-state index is -0.415. The molecule has 1 fully saturated rings. The zero-order valence-electron chi connectivity index (χ0n) is 14.8. The maximum atomic E-state index is 12.0. The van der Waals surface area contributed by atoms with E-state index < -0.39 is 5.60 Å². The summed E-state index contributed by atoms with van der Waals surface area (Å²) in [6.07, 6.45) is 6.88. The van der Waals surface area contributed by atoms with Gasteiger partial charge in [0.15, 0.2) is 0 Å². The highest BCUT2D eigenvalue weighted by molar-refractivity contribution is 5.68. The molecule has 2 heterocycles. The number of piperidine rings is 1. The second-order valence-electron chi connectivity index (χ2n) is 7.39. The Bertz CT molecular complexity index is 499. The van der Waals surface area contributed by atoms with E-state index in [0.29, 0.717) is 5.92 Å². The smallest absolute Gasteiger partial charge is 0.410 e. The van der Waals surface area contributed by atoms with Gasteiger partial charge in [-0.1, -0.05) is 0 Å². The summed E-state index contributed by atoms with van der Waals surface area (Å²) in [5, 5.41) is 7.70. The molecule has 0 bridgehead atoms. The third-order valence-electron chi connectivity index (χ3n) is 4.05. The van der Waals surface area contributed by atoms with Crippen LogP contribution >= 0.6 is 0 Å². The van der Waals surface area contributed by atoms with Crippen LogP contribution in [0, 0.1) is 5.92 Å². The molecule has 2 rings (SSSR count). The van der Waals surface area contributed by atoms with E-state index in [1.165, 1.54) is 5.56 Å². The molecule has 0 atom stereocenters. The molecule has 6 nitrogen and oxygen atoms in total. The minimum absolute atomic E-state index is 0.180. The fourth-order valence-electron chi connectivity index (χ4n) is 2.79. The standard InChI is InChI=1S/C17H30N4O2/c1-17(2,3)23-16(22)21-9-6-14(7-10-21)11-18-8-5-15-12-19-20(4)13-15/h12-14,18H,5-11H2,1-4H3. The first-order chi connectivity index (χ1) is 10.8. The number of nitrogens with zero attached hydrogens (tertiary/aromatic N) is 3. The van der Waals surface area contributed by atoms with Gasteiger partial charge in [-0.15, -0.1) is 0 Å². The number of nitrogens with one attached hydrogen (secondary N) is 1. The Morgan fingerprint density at radius 1 is 1.39 bits per heavy atom. The lowest BCUT2D eigenvalue weighted by atomic mass is 9.97. The molecule has 1 aliphatic heterocycles. The Morgan fingerprint density at radius 2 is 2.09 bits per heavy atom. The number of aryl methyl sites for hydroxylation is 1. The quantitative estimate of drug-likeness (QED) is 0.844. The van der Waals surface area contributed by atoms with E-state index in [0.717, 1.165) is 45.4 Å². The molecule has 1 amide bonds. The normalized spacial score (nSPS) is 16.6. The molecule has 1 aromatic rings. The predicted octanol–water partition coefficient (Wildman–Crippen LogP) is 2.20. The number of amides is 1. The molecular formula is C17H30N4O2. The van der Waals surface area contributed by atoms with Crippen LogP contribution < -0.4 is 5.32 Å². The molecule has 1 aromatic heterocycles. The van der Waals surface area contributed by atoms with Gasteiger partial charge in [-0.3, -0.25) is 4.68 Å². The number of likely N-dealkylation sites (tertiary alicyclic amines) is 1. The van der Waals surface area contributed by atoms with Crippen LogP contribution in [-0.4, -0.2) is 52.6 Å². The molecule has 0 spiro atoms. The molecule has 0 aromatic carbocycles. The van der Waals surface area contributed by atoms with Gasteiger partial charge < -0.3 is 15.0 Å². The van der Waals surface area contributed by atoms with Gasteiger partial charge in [-0.2, -0.15) is 5.10 Å². The largest absolute Gasteiger partial charge is 0.444 e. The number of aromatic nitrogens is 2. The number of hydrogen-bond donors (Lipinski definition) is 1. The van der Waals surface area contributed by atoms with Crippen LogP contribution in [0.25, 0.3) is 0 Å². The Kier molecular flexibility index (Phi) is 6.04. The SMILES string of the molecule is Cn1cc(CCNCC2CCN(C(=O)OC(C)(C)C)CC2)cn1. The van der Waals surface area contributed by atoms with Gasteiger partial charge in [-0.25, -0.2) is 4.79 Å². The van der Waals surface area contributed by atoms with Crippen LogP contribution in [0.3, 0.4) is 0 Å². The van der Waals surface area contributed by atoms with Crippen molar-refractivity contribution < 1.29 is 9.53 Å². The molecule has 0 radical (unpaired) electrons. The first-order valence-electron chi connectivity index (χ1n) is 8.49. The Balaban J connectivity index is 1.60. The number of carbonyl (C=O) groups is 1. The molecule has 6 heteroatoms. The third kappa shape index (κ3) is 6.22. The van der Waals surface area contributed by atoms with E-state index in [4.69, 9.17) is 4.74 Å². The molecule has 23 heavy (non-hydrogen) atoms. The summed E-state index contributed by atoms with van der Waals surface area (Å²) in [7, 11) is 1.94. The lowest BCUT2D eigenvalue weighted by Gasteiger charge is -2.33. The van der Waals surface area contributed by atoms with E-state index >= 15 is 0 Å². The van der Waals surface area contributed by atoms with Gasteiger partial charge in [-0.05, 0) is 64.6 Å². The predicted molar refractivity (Wildman–Crippen MR) is 90.3 cm³/mol. The molecule has 1 saturated heterocycles. The van der Waals surface area contributed by atoms with E-state index in [9.17, 15) is 4.79 Å². The Hall–Kier alpha value is -1.56. The number of hydrogen-bond acceptors (Lipinski definition) is 4. The van der Waals surface area contributed by atoms with Crippen LogP contribution in [0.15, 0.2) is 12.4 Å². The molecule has 1 aliphatic rings. The highest BCUT2D eigenvalue weighted by Crippen LogP contribution is 2.19. The number of carbonyl (C=O) groups excluding carboxylic acids is 1. The second-order valence-corrected chi connectivity index (χ2v) is 7.39. The van der Waals surface area contributed by atoms with Gasteiger partial charge in [0.2, 0.25) is 0 Å². The summed E-state index contributed by atoms with van der Waals surface area (Å²) in [6.45, 7) is 9.30. The van der Waals surface area contributed by atoms with Crippen molar-refractivity contribution in [3.63, 3.8) is 0 Å². The summed E-state index contributed by atoms with van der Waals surface area (Å²) in [5.41, 5.74) is 0.849.